The fourth-order valence-electron chi connectivity index (χ4n) is 2.85. The molecule has 25 heavy (non-hydrogen) atoms. The van der Waals surface area contributed by atoms with Gasteiger partial charge in [-0.15, -0.1) is 0 Å². The van der Waals surface area contributed by atoms with Gasteiger partial charge in [0, 0.05) is 32.7 Å². The van der Waals surface area contributed by atoms with Crippen LogP contribution in [0.15, 0.2) is 42.7 Å². The molecule has 0 spiro atoms. The highest BCUT2D eigenvalue weighted by Gasteiger charge is 2.20. The van der Waals surface area contributed by atoms with Crippen LogP contribution in [-0.2, 0) is 0 Å². The number of rotatable bonds is 6. The molecule has 1 aliphatic rings. The summed E-state index contributed by atoms with van der Waals surface area (Å²) in [5.74, 6) is 0.397. The number of hydrogen-bond acceptors (Lipinski definition) is 7. The topological polar surface area (TPSA) is 87.4 Å². The maximum Gasteiger partial charge on any atom is 0.305 e. The molecule has 132 valence electrons. The van der Waals surface area contributed by atoms with Crippen LogP contribution < -0.4 is 5.32 Å². The lowest BCUT2D eigenvalue weighted by Crippen LogP contribution is -2.46. The third-order valence-electron chi connectivity index (χ3n) is 4.39. The number of aromatic nitrogens is 2. The zero-order valence-corrected chi connectivity index (χ0v) is 14.2. The summed E-state index contributed by atoms with van der Waals surface area (Å²) in [5, 5.41) is 14.1. The van der Waals surface area contributed by atoms with Crippen LogP contribution in [0.2, 0.25) is 0 Å². The van der Waals surface area contributed by atoms with Crippen molar-refractivity contribution in [1.82, 2.24) is 19.8 Å². The van der Waals surface area contributed by atoms with Crippen molar-refractivity contribution in [3.05, 3.63) is 58.4 Å². The number of piperazine rings is 1. The lowest BCUT2D eigenvalue weighted by Gasteiger charge is -2.35. The highest BCUT2D eigenvalue weighted by molar-refractivity contribution is 5.35. The van der Waals surface area contributed by atoms with Gasteiger partial charge in [0.2, 0.25) is 5.95 Å². The van der Waals surface area contributed by atoms with Crippen molar-refractivity contribution in [3.8, 4) is 0 Å². The fraction of sp³-hybridized carbons (Fsp3) is 0.412. The van der Waals surface area contributed by atoms with Crippen LogP contribution in [0.3, 0.4) is 0 Å². The summed E-state index contributed by atoms with van der Waals surface area (Å²) in [7, 11) is 2.13. The van der Waals surface area contributed by atoms with Crippen molar-refractivity contribution in [1.29, 1.82) is 0 Å². The van der Waals surface area contributed by atoms with E-state index in [9.17, 15) is 10.1 Å². The Balaban J connectivity index is 1.73. The summed E-state index contributed by atoms with van der Waals surface area (Å²) < 4.78 is 0. The summed E-state index contributed by atoms with van der Waals surface area (Å²) >= 11 is 0. The van der Waals surface area contributed by atoms with Crippen LogP contribution in [0.25, 0.3) is 0 Å². The van der Waals surface area contributed by atoms with E-state index in [0.717, 1.165) is 38.3 Å². The number of hydrogen-bond donors (Lipinski definition) is 1. The molecule has 8 heteroatoms. The molecule has 1 aromatic heterocycles. The lowest BCUT2D eigenvalue weighted by molar-refractivity contribution is -0.385. The maximum absolute atomic E-state index is 10.7. The molecular formula is C17H22N6O2. The van der Waals surface area contributed by atoms with E-state index < -0.39 is 4.92 Å². The van der Waals surface area contributed by atoms with Crippen molar-refractivity contribution in [2.45, 2.75) is 6.04 Å². The zero-order valence-electron chi connectivity index (χ0n) is 14.2. The van der Waals surface area contributed by atoms with E-state index in [1.165, 1.54) is 12.4 Å². The third kappa shape index (κ3) is 4.71. The van der Waals surface area contributed by atoms with Crippen LogP contribution in [0.4, 0.5) is 11.6 Å². The predicted molar refractivity (Wildman–Crippen MR) is 95.4 cm³/mol. The minimum Gasteiger partial charge on any atom is -0.346 e. The molecule has 0 saturated carbocycles. The lowest BCUT2D eigenvalue weighted by atomic mass is 10.1. The van der Waals surface area contributed by atoms with Crippen LogP contribution in [-0.4, -0.2) is 64.5 Å². The minimum absolute atomic E-state index is 0.0195. The second-order valence-electron chi connectivity index (χ2n) is 6.23. The van der Waals surface area contributed by atoms with Crippen LogP contribution in [0, 0.1) is 10.1 Å². The van der Waals surface area contributed by atoms with E-state index in [1.54, 1.807) is 0 Å². The molecule has 3 rings (SSSR count). The minimum atomic E-state index is -0.497. The number of likely N-dealkylation sites (N-methyl/N-ethyl adjacent to an activating group) is 1. The summed E-state index contributed by atoms with van der Waals surface area (Å²) in [6.45, 7) is 4.97. The van der Waals surface area contributed by atoms with E-state index in [0.29, 0.717) is 5.95 Å². The zero-order chi connectivity index (χ0) is 17.6. The van der Waals surface area contributed by atoms with Gasteiger partial charge in [-0.3, -0.25) is 15.0 Å². The van der Waals surface area contributed by atoms with Gasteiger partial charge in [0.1, 0.15) is 12.4 Å². The smallest absolute Gasteiger partial charge is 0.305 e. The van der Waals surface area contributed by atoms with Crippen molar-refractivity contribution in [2.24, 2.45) is 0 Å². The van der Waals surface area contributed by atoms with E-state index in [1.807, 2.05) is 18.2 Å². The Labute approximate surface area is 146 Å². The first-order valence-corrected chi connectivity index (χ1v) is 8.30. The number of benzene rings is 1. The Hall–Kier alpha value is -2.58. The normalized spacial score (nSPS) is 17.2. The van der Waals surface area contributed by atoms with Gasteiger partial charge in [-0.2, -0.15) is 0 Å². The molecule has 1 aliphatic heterocycles. The molecule has 0 radical (unpaired) electrons. The van der Waals surface area contributed by atoms with Gasteiger partial charge in [0.05, 0.1) is 11.0 Å². The maximum atomic E-state index is 10.7. The van der Waals surface area contributed by atoms with Crippen LogP contribution >= 0.6 is 0 Å². The van der Waals surface area contributed by atoms with E-state index in [4.69, 9.17) is 0 Å². The van der Waals surface area contributed by atoms with Gasteiger partial charge >= 0.3 is 5.69 Å². The number of nitrogens with zero attached hydrogens (tertiary/aromatic N) is 5. The Kier molecular flexibility index (Phi) is 5.52. The fourth-order valence-corrected chi connectivity index (χ4v) is 2.85. The van der Waals surface area contributed by atoms with Crippen molar-refractivity contribution in [3.63, 3.8) is 0 Å². The Morgan fingerprint density at radius 1 is 1.16 bits per heavy atom. The van der Waals surface area contributed by atoms with Crippen LogP contribution in [0.5, 0.6) is 0 Å². The average Bonchev–Trinajstić information content (AvgIpc) is 2.64. The van der Waals surface area contributed by atoms with Crippen LogP contribution in [0.1, 0.15) is 11.6 Å². The largest absolute Gasteiger partial charge is 0.346 e. The van der Waals surface area contributed by atoms with Gasteiger partial charge in [-0.1, -0.05) is 30.3 Å². The quantitative estimate of drug-likeness (QED) is 0.632. The number of anilines is 1. The number of nitro groups is 1. The molecule has 1 N–H and O–H groups in total. The van der Waals surface area contributed by atoms with Crippen molar-refractivity contribution in [2.75, 3.05) is 45.1 Å². The SMILES string of the molecule is CN1CCN(C[C@H](Nc2ncc([N+](=O)[O-])cn2)c2ccccc2)CC1. The summed E-state index contributed by atoms with van der Waals surface area (Å²) in [4.78, 5) is 23.1. The second-order valence-corrected chi connectivity index (χ2v) is 6.23. The highest BCUT2D eigenvalue weighted by Crippen LogP contribution is 2.20. The third-order valence-corrected chi connectivity index (χ3v) is 4.39. The van der Waals surface area contributed by atoms with Crippen molar-refractivity contribution < 1.29 is 4.92 Å². The van der Waals surface area contributed by atoms with E-state index in [-0.39, 0.29) is 11.7 Å². The molecule has 1 fully saturated rings. The molecule has 2 aromatic rings. The highest BCUT2D eigenvalue weighted by atomic mass is 16.6. The molecule has 0 aliphatic carbocycles. The number of nitrogens with one attached hydrogen (secondary N) is 1. The summed E-state index contributed by atoms with van der Waals surface area (Å²) in [6.07, 6.45) is 2.46. The van der Waals surface area contributed by atoms with E-state index >= 15 is 0 Å². The van der Waals surface area contributed by atoms with Gasteiger partial charge in [-0.25, -0.2) is 9.97 Å². The Bertz CT molecular complexity index is 686. The monoisotopic (exact) mass is 342 g/mol. The molecule has 2 heterocycles. The predicted octanol–water partition coefficient (Wildman–Crippen LogP) is 1.79. The molecule has 1 atom stereocenters. The molecule has 8 nitrogen and oxygen atoms in total. The summed E-state index contributed by atoms with van der Waals surface area (Å²) in [6, 6.07) is 10.2. The van der Waals surface area contributed by atoms with Gasteiger partial charge in [0.15, 0.2) is 0 Å². The summed E-state index contributed by atoms with van der Waals surface area (Å²) in [5.41, 5.74) is 1.03. The van der Waals surface area contributed by atoms with E-state index in [2.05, 4.69) is 44.3 Å². The molecular weight excluding hydrogens is 320 g/mol. The molecule has 1 saturated heterocycles. The Morgan fingerprint density at radius 2 is 1.80 bits per heavy atom. The second kappa shape index (κ2) is 8.00. The first-order valence-electron chi connectivity index (χ1n) is 8.30. The van der Waals surface area contributed by atoms with Gasteiger partial charge < -0.3 is 10.2 Å². The molecule has 0 unspecified atom stereocenters. The first-order chi connectivity index (χ1) is 12.1. The standard InChI is InChI=1S/C17H22N6O2/c1-21-7-9-22(10-8-21)13-16(14-5-3-2-4-6-14)20-17-18-11-15(12-19-17)23(24)25/h2-6,11-12,16H,7-10,13H2,1H3,(H,18,19,20)/t16-/m0/s1. The molecule has 1 aromatic carbocycles. The first kappa shape index (κ1) is 17.2. The van der Waals surface area contributed by atoms with Gasteiger partial charge in [-0.05, 0) is 12.6 Å². The molecule has 0 bridgehead atoms. The average molecular weight is 342 g/mol. The van der Waals surface area contributed by atoms with Gasteiger partial charge in [0.25, 0.3) is 0 Å². The van der Waals surface area contributed by atoms with Crippen molar-refractivity contribution >= 4 is 11.6 Å². The Morgan fingerprint density at radius 3 is 2.40 bits per heavy atom. The molecule has 0 amide bonds.